The number of thiophene rings is 1. The number of hydrogen-bond acceptors (Lipinski definition) is 3. The molecule has 1 aromatic heterocycles. The van der Waals surface area contributed by atoms with Gasteiger partial charge in [-0.15, -0.1) is 11.3 Å². The molecule has 2 amide bonds. The zero-order valence-corrected chi connectivity index (χ0v) is 15.2. The van der Waals surface area contributed by atoms with Gasteiger partial charge in [0.1, 0.15) is 5.00 Å². The highest BCUT2D eigenvalue weighted by atomic mass is 32.1. The molecule has 4 nitrogen and oxygen atoms in total. The van der Waals surface area contributed by atoms with Crippen molar-refractivity contribution in [1.82, 2.24) is 5.32 Å². The molecule has 130 valence electrons. The van der Waals surface area contributed by atoms with Gasteiger partial charge in [0.05, 0.1) is 5.56 Å². The largest absolute Gasteiger partial charge is 0.355 e. The van der Waals surface area contributed by atoms with Crippen molar-refractivity contribution in [3.05, 3.63) is 50.9 Å². The molecule has 0 atom stereocenters. The minimum Gasteiger partial charge on any atom is -0.355 e. The van der Waals surface area contributed by atoms with Gasteiger partial charge in [-0.25, -0.2) is 0 Å². The Labute approximate surface area is 151 Å². The van der Waals surface area contributed by atoms with E-state index in [9.17, 15) is 9.59 Å². The Morgan fingerprint density at radius 2 is 1.76 bits per heavy atom. The lowest BCUT2D eigenvalue weighted by molar-refractivity contribution is 0.0963. The fourth-order valence-corrected chi connectivity index (χ4v) is 5.19. The van der Waals surface area contributed by atoms with E-state index in [0.717, 1.165) is 37.7 Å². The van der Waals surface area contributed by atoms with Crippen LogP contribution in [0.1, 0.15) is 61.5 Å². The summed E-state index contributed by atoms with van der Waals surface area (Å²) in [7, 11) is 1.64. The third-order valence-corrected chi connectivity index (χ3v) is 6.42. The van der Waals surface area contributed by atoms with Crippen molar-refractivity contribution in [2.75, 3.05) is 12.4 Å². The average molecular weight is 354 g/mol. The molecule has 2 aliphatic carbocycles. The SMILES string of the molecule is CNC(=O)c1c(NC(=O)c2ccc3c(c2)CCCC3)sc2c1CCC2. The first-order valence-corrected chi connectivity index (χ1v) is 9.79. The van der Waals surface area contributed by atoms with Crippen molar-refractivity contribution >= 4 is 28.2 Å². The number of aryl methyl sites for hydroxylation is 3. The number of rotatable bonds is 3. The van der Waals surface area contributed by atoms with E-state index in [2.05, 4.69) is 16.7 Å². The van der Waals surface area contributed by atoms with Gasteiger partial charge in [-0.05, 0) is 73.8 Å². The van der Waals surface area contributed by atoms with E-state index < -0.39 is 0 Å². The lowest BCUT2D eigenvalue weighted by atomic mass is 9.90. The van der Waals surface area contributed by atoms with Crippen LogP contribution >= 0.6 is 11.3 Å². The molecule has 25 heavy (non-hydrogen) atoms. The Bertz CT molecular complexity index is 854. The minimum absolute atomic E-state index is 0.111. The molecule has 0 unspecified atom stereocenters. The predicted molar refractivity (Wildman–Crippen MR) is 101 cm³/mol. The van der Waals surface area contributed by atoms with Gasteiger partial charge in [-0.3, -0.25) is 9.59 Å². The fourth-order valence-electron chi connectivity index (χ4n) is 3.91. The molecule has 0 spiro atoms. The molecule has 0 radical (unpaired) electrons. The molecule has 0 aliphatic heterocycles. The first-order valence-electron chi connectivity index (χ1n) is 8.97. The van der Waals surface area contributed by atoms with E-state index >= 15 is 0 Å². The molecular formula is C20H22N2O2S. The molecule has 1 heterocycles. The second kappa shape index (κ2) is 6.64. The maximum absolute atomic E-state index is 12.8. The summed E-state index contributed by atoms with van der Waals surface area (Å²) in [4.78, 5) is 26.3. The molecule has 0 saturated carbocycles. The van der Waals surface area contributed by atoms with Gasteiger partial charge < -0.3 is 10.6 Å². The standard InChI is InChI=1S/C20H22N2O2S/c1-21-19(24)17-15-7-4-8-16(15)25-20(17)22-18(23)14-10-9-12-5-2-3-6-13(12)11-14/h9-11H,2-8H2,1H3,(H,21,24)(H,22,23). The summed E-state index contributed by atoms with van der Waals surface area (Å²) in [5.41, 5.74) is 5.11. The molecule has 5 heteroatoms. The summed E-state index contributed by atoms with van der Waals surface area (Å²) in [6, 6.07) is 6.00. The number of amides is 2. The van der Waals surface area contributed by atoms with Crippen LogP contribution in [0.3, 0.4) is 0 Å². The highest BCUT2D eigenvalue weighted by molar-refractivity contribution is 7.17. The monoisotopic (exact) mass is 354 g/mol. The molecule has 4 rings (SSSR count). The lowest BCUT2D eigenvalue weighted by Crippen LogP contribution is -2.21. The maximum Gasteiger partial charge on any atom is 0.256 e. The number of hydrogen-bond donors (Lipinski definition) is 2. The van der Waals surface area contributed by atoms with Crippen LogP contribution in [-0.4, -0.2) is 18.9 Å². The van der Waals surface area contributed by atoms with Crippen LogP contribution in [0.5, 0.6) is 0 Å². The summed E-state index contributed by atoms with van der Waals surface area (Å²) in [6.45, 7) is 0. The molecular weight excluding hydrogens is 332 g/mol. The van der Waals surface area contributed by atoms with Gasteiger partial charge in [0.25, 0.3) is 11.8 Å². The molecule has 1 aromatic carbocycles. The zero-order valence-electron chi connectivity index (χ0n) is 14.4. The van der Waals surface area contributed by atoms with E-state index in [1.165, 1.54) is 28.8 Å². The molecule has 2 aliphatic rings. The first-order chi connectivity index (χ1) is 12.2. The number of carbonyl (C=O) groups is 2. The molecule has 0 saturated heterocycles. The van der Waals surface area contributed by atoms with Crippen molar-refractivity contribution in [3.63, 3.8) is 0 Å². The Kier molecular flexibility index (Phi) is 4.34. The summed E-state index contributed by atoms with van der Waals surface area (Å²) in [5.74, 6) is -0.237. The topological polar surface area (TPSA) is 58.2 Å². The van der Waals surface area contributed by atoms with Gasteiger partial charge in [-0.2, -0.15) is 0 Å². The second-order valence-corrected chi connectivity index (χ2v) is 7.89. The van der Waals surface area contributed by atoms with Crippen molar-refractivity contribution in [2.24, 2.45) is 0 Å². The summed E-state index contributed by atoms with van der Waals surface area (Å²) < 4.78 is 0. The Morgan fingerprint density at radius 1 is 0.960 bits per heavy atom. The second-order valence-electron chi connectivity index (χ2n) is 6.79. The van der Waals surface area contributed by atoms with E-state index in [1.54, 1.807) is 18.4 Å². The number of fused-ring (bicyclic) bond motifs is 2. The van der Waals surface area contributed by atoms with Crippen LogP contribution in [0, 0.1) is 0 Å². The van der Waals surface area contributed by atoms with Gasteiger partial charge >= 0.3 is 0 Å². The molecule has 2 N–H and O–H groups in total. The summed E-state index contributed by atoms with van der Waals surface area (Å²) in [5, 5.41) is 6.39. The third-order valence-electron chi connectivity index (χ3n) is 5.21. The zero-order chi connectivity index (χ0) is 17.4. The maximum atomic E-state index is 12.8. The molecule has 0 fully saturated rings. The van der Waals surface area contributed by atoms with Crippen molar-refractivity contribution in [2.45, 2.75) is 44.9 Å². The predicted octanol–water partition coefficient (Wildman–Crippen LogP) is 3.73. The van der Waals surface area contributed by atoms with Gasteiger partial charge in [0.2, 0.25) is 0 Å². The normalized spacial score (nSPS) is 15.4. The Balaban J connectivity index is 1.62. The fraction of sp³-hybridized carbons (Fsp3) is 0.400. The van der Waals surface area contributed by atoms with Crippen molar-refractivity contribution < 1.29 is 9.59 Å². The number of benzene rings is 1. The molecule has 2 aromatic rings. The molecule has 0 bridgehead atoms. The van der Waals surface area contributed by atoms with E-state index in [0.29, 0.717) is 16.1 Å². The van der Waals surface area contributed by atoms with Crippen LogP contribution < -0.4 is 10.6 Å². The quantitative estimate of drug-likeness (QED) is 0.882. The van der Waals surface area contributed by atoms with E-state index in [-0.39, 0.29) is 11.8 Å². The van der Waals surface area contributed by atoms with E-state index in [4.69, 9.17) is 0 Å². The average Bonchev–Trinajstić information content (AvgIpc) is 3.21. The highest BCUT2D eigenvalue weighted by Crippen LogP contribution is 2.39. The van der Waals surface area contributed by atoms with Crippen molar-refractivity contribution in [3.8, 4) is 0 Å². The van der Waals surface area contributed by atoms with Crippen LogP contribution in [0.25, 0.3) is 0 Å². The first kappa shape index (κ1) is 16.3. The minimum atomic E-state index is -0.126. The van der Waals surface area contributed by atoms with Gasteiger partial charge in [-0.1, -0.05) is 6.07 Å². The number of anilines is 1. The summed E-state index contributed by atoms with van der Waals surface area (Å²) in [6.07, 6.45) is 7.58. The Morgan fingerprint density at radius 3 is 2.56 bits per heavy atom. The van der Waals surface area contributed by atoms with Crippen LogP contribution in [0.4, 0.5) is 5.00 Å². The summed E-state index contributed by atoms with van der Waals surface area (Å²) >= 11 is 1.55. The third kappa shape index (κ3) is 2.97. The lowest BCUT2D eigenvalue weighted by Gasteiger charge is -2.16. The van der Waals surface area contributed by atoms with Crippen LogP contribution in [-0.2, 0) is 25.7 Å². The van der Waals surface area contributed by atoms with E-state index in [1.807, 2.05) is 12.1 Å². The Hall–Kier alpha value is -2.14. The highest BCUT2D eigenvalue weighted by Gasteiger charge is 2.27. The smallest absolute Gasteiger partial charge is 0.256 e. The number of carbonyl (C=O) groups excluding carboxylic acids is 2. The van der Waals surface area contributed by atoms with Gasteiger partial charge in [0.15, 0.2) is 0 Å². The van der Waals surface area contributed by atoms with Crippen LogP contribution in [0.2, 0.25) is 0 Å². The van der Waals surface area contributed by atoms with Gasteiger partial charge in [0, 0.05) is 17.5 Å². The van der Waals surface area contributed by atoms with Crippen molar-refractivity contribution in [1.29, 1.82) is 0 Å². The van der Waals surface area contributed by atoms with Crippen LogP contribution in [0.15, 0.2) is 18.2 Å². The number of nitrogens with one attached hydrogen (secondary N) is 2.